The maximum atomic E-state index is 12.1. The van der Waals surface area contributed by atoms with Crippen LogP contribution in [0.2, 0.25) is 0 Å². The molecule has 1 aliphatic heterocycles. The topological polar surface area (TPSA) is 41.6 Å². The predicted octanol–water partition coefficient (Wildman–Crippen LogP) is 1.82. The van der Waals surface area contributed by atoms with Crippen molar-refractivity contribution in [2.75, 3.05) is 33.3 Å². The van der Waals surface area contributed by atoms with Crippen LogP contribution in [0.5, 0.6) is 0 Å². The molecule has 0 aliphatic carbocycles. The maximum absolute atomic E-state index is 12.1. The molecule has 1 N–H and O–H groups in total. The van der Waals surface area contributed by atoms with Gasteiger partial charge in [0.25, 0.3) is 5.91 Å². The summed E-state index contributed by atoms with van der Waals surface area (Å²) < 4.78 is 6.48. The molecule has 5 heteroatoms. The number of aryl methyl sites for hydroxylation is 1. The number of morpholine rings is 1. The first-order valence-corrected chi connectivity index (χ1v) is 7.20. The predicted molar refractivity (Wildman–Crippen MR) is 78.4 cm³/mol. The van der Waals surface area contributed by atoms with E-state index >= 15 is 0 Å². The first-order valence-electron chi connectivity index (χ1n) is 6.41. The lowest BCUT2D eigenvalue weighted by Gasteiger charge is -2.30. The number of nitrogens with zero attached hydrogens (tertiary/aromatic N) is 1. The van der Waals surface area contributed by atoms with Gasteiger partial charge in [0.15, 0.2) is 0 Å². The van der Waals surface area contributed by atoms with Crippen molar-refractivity contribution in [3.8, 4) is 0 Å². The van der Waals surface area contributed by atoms with Gasteiger partial charge in [-0.25, -0.2) is 0 Å². The Morgan fingerprint density at radius 2 is 2.37 bits per heavy atom. The molecule has 0 saturated carbocycles. The Balaban J connectivity index is 1.92. The fraction of sp³-hybridized carbons (Fsp3) is 0.500. The van der Waals surface area contributed by atoms with Crippen molar-refractivity contribution in [3.05, 3.63) is 33.8 Å². The summed E-state index contributed by atoms with van der Waals surface area (Å²) in [6, 6.07) is 5.68. The van der Waals surface area contributed by atoms with Gasteiger partial charge in [0.2, 0.25) is 0 Å². The number of rotatable bonds is 3. The van der Waals surface area contributed by atoms with Gasteiger partial charge >= 0.3 is 0 Å². The van der Waals surface area contributed by atoms with Gasteiger partial charge in [0.1, 0.15) is 0 Å². The zero-order valence-corrected chi connectivity index (χ0v) is 12.9. The number of nitrogens with one attached hydrogen (secondary N) is 1. The van der Waals surface area contributed by atoms with Crippen LogP contribution < -0.4 is 5.32 Å². The third-order valence-corrected chi connectivity index (χ3v) is 4.32. The van der Waals surface area contributed by atoms with Gasteiger partial charge in [-0.2, -0.15) is 0 Å². The van der Waals surface area contributed by atoms with E-state index in [4.69, 9.17) is 4.74 Å². The molecule has 1 aromatic rings. The minimum atomic E-state index is -0.0626. The highest BCUT2D eigenvalue weighted by Crippen LogP contribution is 2.20. The number of benzene rings is 1. The maximum Gasteiger partial charge on any atom is 0.252 e. The molecule has 2 rings (SSSR count). The van der Waals surface area contributed by atoms with Crippen molar-refractivity contribution in [2.24, 2.45) is 0 Å². The van der Waals surface area contributed by atoms with Gasteiger partial charge in [-0.05, 0) is 41.5 Å². The van der Waals surface area contributed by atoms with Gasteiger partial charge < -0.3 is 15.0 Å². The molecule has 1 atom stereocenters. The molecule has 104 valence electrons. The van der Waals surface area contributed by atoms with Crippen molar-refractivity contribution in [2.45, 2.75) is 13.0 Å². The van der Waals surface area contributed by atoms with Crippen LogP contribution in [0.4, 0.5) is 0 Å². The van der Waals surface area contributed by atoms with Crippen LogP contribution in [0.1, 0.15) is 15.9 Å². The van der Waals surface area contributed by atoms with E-state index in [0.29, 0.717) is 12.1 Å². The molecule has 1 saturated heterocycles. The van der Waals surface area contributed by atoms with Crippen LogP contribution >= 0.6 is 15.9 Å². The Labute approximate surface area is 122 Å². The molecule has 19 heavy (non-hydrogen) atoms. The molecule has 0 aromatic heterocycles. The lowest BCUT2D eigenvalue weighted by atomic mass is 10.1. The van der Waals surface area contributed by atoms with Crippen LogP contribution in [0.3, 0.4) is 0 Å². The normalized spacial score (nSPS) is 20.3. The fourth-order valence-electron chi connectivity index (χ4n) is 2.11. The van der Waals surface area contributed by atoms with E-state index in [1.807, 2.05) is 25.1 Å². The Hall–Kier alpha value is -0.910. The van der Waals surface area contributed by atoms with Gasteiger partial charge in [-0.3, -0.25) is 4.79 Å². The number of likely N-dealkylation sites (N-methyl/N-ethyl adjacent to an activating group) is 1. The number of ether oxygens (including phenoxy) is 1. The summed E-state index contributed by atoms with van der Waals surface area (Å²) in [4.78, 5) is 14.3. The monoisotopic (exact) mass is 326 g/mol. The van der Waals surface area contributed by atoms with E-state index in [9.17, 15) is 4.79 Å². The quantitative estimate of drug-likeness (QED) is 0.921. The molecule has 1 amide bonds. The average Bonchev–Trinajstić information content (AvgIpc) is 2.39. The van der Waals surface area contributed by atoms with Gasteiger partial charge in [-0.1, -0.05) is 12.1 Å². The first-order chi connectivity index (χ1) is 9.08. The van der Waals surface area contributed by atoms with Crippen LogP contribution in [0, 0.1) is 6.92 Å². The molecular weight excluding hydrogens is 308 g/mol. The minimum absolute atomic E-state index is 0.0626. The third kappa shape index (κ3) is 3.78. The summed E-state index contributed by atoms with van der Waals surface area (Å²) in [7, 11) is 2.06. The number of carbonyl (C=O) groups excluding carboxylic acids is 1. The molecule has 0 spiro atoms. The van der Waals surface area contributed by atoms with Crippen molar-refractivity contribution in [3.63, 3.8) is 0 Å². The summed E-state index contributed by atoms with van der Waals surface area (Å²) in [5.74, 6) is -0.0626. The highest BCUT2D eigenvalue weighted by atomic mass is 79.9. The van der Waals surface area contributed by atoms with E-state index in [1.54, 1.807) is 0 Å². The zero-order chi connectivity index (χ0) is 13.8. The second-order valence-electron chi connectivity index (χ2n) is 4.90. The Morgan fingerprint density at radius 1 is 1.58 bits per heavy atom. The van der Waals surface area contributed by atoms with E-state index in [0.717, 1.165) is 29.7 Å². The number of halogens is 1. The Kier molecular flexibility index (Phi) is 4.96. The molecule has 1 unspecified atom stereocenters. The second kappa shape index (κ2) is 6.50. The Bertz CT molecular complexity index is 465. The van der Waals surface area contributed by atoms with Gasteiger partial charge in [0, 0.05) is 24.1 Å². The lowest BCUT2D eigenvalue weighted by Crippen LogP contribution is -2.45. The summed E-state index contributed by atoms with van der Waals surface area (Å²) >= 11 is 3.46. The number of amides is 1. The molecule has 0 bridgehead atoms. The van der Waals surface area contributed by atoms with Crippen LogP contribution in [-0.4, -0.2) is 50.2 Å². The SMILES string of the molecule is Cc1cccc(C(=O)NCC2CN(C)CCO2)c1Br. The largest absolute Gasteiger partial charge is 0.374 e. The third-order valence-electron chi connectivity index (χ3n) is 3.27. The fourth-order valence-corrected chi connectivity index (χ4v) is 2.56. The number of carbonyl (C=O) groups is 1. The first kappa shape index (κ1) is 14.5. The molecule has 1 heterocycles. The summed E-state index contributed by atoms with van der Waals surface area (Å²) in [6.45, 7) is 5.05. The molecule has 4 nitrogen and oxygen atoms in total. The van der Waals surface area contributed by atoms with Gasteiger partial charge in [0.05, 0.1) is 18.3 Å². The highest BCUT2D eigenvalue weighted by molar-refractivity contribution is 9.10. The highest BCUT2D eigenvalue weighted by Gasteiger charge is 2.19. The molecule has 1 aromatic carbocycles. The van der Waals surface area contributed by atoms with E-state index < -0.39 is 0 Å². The van der Waals surface area contributed by atoms with E-state index in [2.05, 4.69) is 33.2 Å². The Morgan fingerprint density at radius 3 is 3.11 bits per heavy atom. The van der Waals surface area contributed by atoms with E-state index in [1.165, 1.54) is 0 Å². The van der Waals surface area contributed by atoms with Gasteiger partial charge in [-0.15, -0.1) is 0 Å². The molecule has 1 fully saturated rings. The van der Waals surface area contributed by atoms with Crippen molar-refractivity contribution in [1.82, 2.24) is 10.2 Å². The second-order valence-corrected chi connectivity index (χ2v) is 5.69. The number of hydrogen-bond donors (Lipinski definition) is 1. The number of hydrogen-bond acceptors (Lipinski definition) is 3. The zero-order valence-electron chi connectivity index (χ0n) is 11.3. The van der Waals surface area contributed by atoms with E-state index in [-0.39, 0.29) is 12.0 Å². The van der Waals surface area contributed by atoms with Crippen molar-refractivity contribution >= 4 is 21.8 Å². The summed E-state index contributed by atoms with van der Waals surface area (Å²) in [6.07, 6.45) is 0.0753. The molecule has 1 aliphatic rings. The summed E-state index contributed by atoms with van der Waals surface area (Å²) in [5, 5.41) is 2.94. The molecule has 0 radical (unpaired) electrons. The van der Waals surface area contributed by atoms with Crippen LogP contribution in [-0.2, 0) is 4.74 Å². The summed E-state index contributed by atoms with van der Waals surface area (Å²) in [5.41, 5.74) is 1.73. The lowest BCUT2D eigenvalue weighted by molar-refractivity contribution is -0.0175. The smallest absolute Gasteiger partial charge is 0.252 e. The van der Waals surface area contributed by atoms with Crippen molar-refractivity contribution in [1.29, 1.82) is 0 Å². The standard InChI is InChI=1S/C14H19BrN2O2/c1-10-4-3-5-12(13(10)15)14(18)16-8-11-9-17(2)6-7-19-11/h3-5,11H,6-9H2,1-2H3,(H,16,18). The molecular formula is C14H19BrN2O2. The minimum Gasteiger partial charge on any atom is -0.374 e. The van der Waals surface area contributed by atoms with Crippen LogP contribution in [0.15, 0.2) is 22.7 Å². The average molecular weight is 327 g/mol. The van der Waals surface area contributed by atoms with Crippen LogP contribution in [0.25, 0.3) is 0 Å². The van der Waals surface area contributed by atoms with Crippen molar-refractivity contribution < 1.29 is 9.53 Å².